The van der Waals surface area contributed by atoms with Crippen LogP contribution in [-0.2, 0) is 17.9 Å². The monoisotopic (exact) mass is 348 g/mol. The average Bonchev–Trinajstić information content (AvgIpc) is 3.18. The molecule has 0 fully saturated rings. The van der Waals surface area contributed by atoms with Crippen LogP contribution in [0.1, 0.15) is 11.7 Å². The van der Waals surface area contributed by atoms with E-state index in [9.17, 15) is 0 Å². The third kappa shape index (κ3) is 5.18. The van der Waals surface area contributed by atoms with Gasteiger partial charge in [-0.2, -0.15) is 0 Å². The Morgan fingerprint density at radius 3 is 2.84 bits per heavy atom. The second-order valence-electron chi connectivity index (χ2n) is 5.26. The highest BCUT2D eigenvalue weighted by molar-refractivity contribution is 5.76. The molecule has 0 atom stereocenters. The van der Waals surface area contributed by atoms with Crippen LogP contribution in [0.15, 0.2) is 22.6 Å². The summed E-state index contributed by atoms with van der Waals surface area (Å²) in [6.07, 6.45) is 0. The van der Waals surface area contributed by atoms with E-state index in [1.165, 1.54) is 0 Å². The number of ether oxygens (including phenoxy) is 1. The maximum Gasteiger partial charge on any atom is 0.315 e. The van der Waals surface area contributed by atoms with Gasteiger partial charge in [-0.1, -0.05) is 5.10 Å². The van der Waals surface area contributed by atoms with Gasteiger partial charge < -0.3 is 29.5 Å². The highest BCUT2D eigenvalue weighted by Gasteiger charge is 2.08. The summed E-state index contributed by atoms with van der Waals surface area (Å²) in [7, 11) is 5.53. The smallest absolute Gasteiger partial charge is 0.315 e. The molecule has 10 heteroatoms. The van der Waals surface area contributed by atoms with E-state index in [2.05, 4.69) is 25.5 Å². The molecule has 0 bridgehead atoms. The molecule has 3 aromatic rings. The first kappa shape index (κ1) is 18.2. The molecule has 134 valence electrons. The Bertz CT molecular complexity index is 813. The van der Waals surface area contributed by atoms with Crippen molar-refractivity contribution in [1.82, 2.24) is 25.1 Å². The van der Waals surface area contributed by atoms with Gasteiger partial charge in [0.25, 0.3) is 6.47 Å². The normalized spacial score (nSPS) is 10.4. The van der Waals surface area contributed by atoms with Gasteiger partial charge in [0.15, 0.2) is 0 Å². The third-order valence-electron chi connectivity index (χ3n) is 3.06. The molecule has 0 aliphatic carbocycles. The highest BCUT2D eigenvalue weighted by atomic mass is 16.5. The summed E-state index contributed by atoms with van der Waals surface area (Å²) in [6, 6.07) is 6.09. The second-order valence-corrected chi connectivity index (χ2v) is 5.26. The Kier molecular flexibility index (Phi) is 6.29. The predicted octanol–water partition coefficient (Wildman–Crippen LogP) is 1.33. The first-order valence-electron chi connectivity index (χ1n) is 7.37. The number of carbonyl (C=O) groups is 1. The molecule has 1 aromatic carbocycles. The number of hydrogen-bond donors (Lipinski definition) is 3. The van der Waals surface area contributed by atoms with E-state index in [-0.39, 0.29) is 6.47 Å². The molecule has 25 heavy (non-hydrogen) atoms. The van der Waals surface area contributed by atoms with E-state index >= 15 is 0 Å². The van der Waals surface area contributed by atoms with Gasteiger partial charge in [0.2, 0.25) is 5.89 Å². The number of H-pyrrole nitrogens is 1. The maximum atomic E-state index is 8.36. The number of imidazole rings is 1. The van der Waals surface area contributed by atoms with E-state index in [1.807, 2.05) is 37.2 Å². The summed E-state index contributed by atoms with van der Waals surface area (Å²) in [4.78, 5) is 18.0. The molecule has 3 rings (SSSR count). The summed E-state index contributed by atoms with van der Waals surface area (Å²) >= 11 is 0. The Hall–Kier alpha value is -3.14. The molecular formula is C15H20N6O4. The van der Waals surface area contributed by atoms with Crippen molar-refractivity contribution in [3.63, 3.8) is 0 Å². The van der Waals surface area contributed by atoms with Crippen LogP contribution in [0.25, 0.3) is 11.0 Å². The van der Waals surface area contributed by atoms with Crippen molar-refractivity contribution in [2.45, 2.75) is 13.1 Å². The van der Waals surface area contributed by atoms with E-state index in [4.69, 9.17) is 19.1 Å². The number of aromatic amines is 1. The number of hydrogen-bond acceptors (Lipinski definition) is 8. The Morgan fingerprint density at radius 2 is 2.16 bits per heavy atom. The highest BCUT2D eigenvalue weighted by Crippen LogP contribution is 2.19. The fourth-order valence-corrected chi connectivity index (χ4v) is 2.07. The van der Waals surface area contributed by atoms with Crippen LogP contribution in [0.3, 0.4) is 0 Å². The van der Waals surface area contributed by atoms with Gasteiger partial charge in [-0.3, -0.25) is 4.79 Å². The van der Waals surface area contributed by atoms with Gasteiger partial charge in [-0.15, -0.1) is 5.10 Å². The van der Waals surface area contributed by atoms with E-state index in [0.717, 1.165) is 22.6 Å². The van der Waals surface area contributed by atoms with Crippen molar-refractivity contribution in [3.05, 3.63) is 29.9 Å². The SMILES string of the molecule is COc1ccc2nc(CNc3nnc(CN(C)C)o3)[nH]c2c1.O=CO. The Morgan fingerprint density at radius 1 is 1.40 bits per heavy atom. The minimum Gasteiger partial charge on any atom is -0.497 e. The Balaban J connectivity index is 0.000000701. The first-order valence-corrected chi connectivity index (χ1v) is 7.37. The Labute approximate surface area is 143 Å². The number of fused-ring (bicyclic) bond motifs is 1. The van der Waals surface area contributed by atoms with Gasteiger partial charge in [-0.05, 0) is 26.2 Å². The zero-order chi connectivity index (χ0) is 18.2. The lowest BCUT2D eigenvalue weighted by atomic mass is 10.3. The minimum atomic E-state index is -0.250. The van der Waals surface area contributed by atoms with Crippen LogP contribution < -0.4 is 10.1 Å². The molecule has 2 aromatic heterocycles. The van der Waals surface area contributed by atoms with Crippen molar-refractivity contribution >= 4 is 23.5 Å². The van der Waals surface area contributed by atoms with Gasteiger partial charge in [0.05, 0.1) is 31.2 Å². The number of nitrogens with one attached hydrogen (secondary N) is 2. The van der Waals surface area contributed by atoms with Crippen molar-refractivity contribution in [1.29, 1.82) is 0 Å². The van der Waals surface area contributed by atoms with Crippen molar-refractivity contribution < 1.29 is 19.1 Å². The van der Waals surface area contributed by atoms with Crippen LogP contribution in [-0.4, -0.2) is 57.8 Å². The van der Waals surface area contributed by atoms with Crippen molar-refractivity contribution in [2.24, 2.45) is 0 Å². The molecule has 0 unspecified atom stereocenters. The average molecular weight is 348 g/mol. The van der Waals surface area contributed by atoms with Crippen LogP contribution in [0.4, 0.5) is 6.01 Å². The number of nitrogens with zero attached hydrogens (tertiary/aromatic N) is 4. The fourth-order valence-electron chi connectivity index (χ4n) is 2.07. The molecule has 0 spiro atoms. The number of methoxy groups -OCH3 is 1. The van der Waals surface area contributed by atoms with Gasteiger partial charge in [0, 0.05) is 6.07 Å². The molecule has 0 radical (unpaired) electrons. The summed E-state index contributed by atoms with van der Waals surface area (Å²) in [6.45, 7) is 0.833. The van der Waals surface area contributed by atoms with Crippen molar-refractivity contribution in [3.8, 4) is 5.75 Å². The molecule has 10 nitrogen and oxygen atoms in total. The number of carboxylic acid groups (broad SMARTS) is 1. The molecule has 0 saturated heterocycles. The zero-order valence-corrected chi connectivity index (χ0v) is 14.2. The van der Waals surface area contributed by atoms with Gasteiger partial charge >= 0.3 is 6.01 Å². The first-order chi connectivity index (χ1) is 12.0. The van der Waals surface area contributed by atoms with E-state index in [0.29, 0.717) is 25.0 Å². The van der Waals surface area contributed by atoms with Gasteiger partial charge in [0.1, 0.15) is 11.6 Å². The molecule has 3 N–H and O–H groups in total. The van der Waals surface area contributed by atoms with Crippen LogP contribution in [0.2, 0.25) is 0 Å². The lowest BCUT2D eigenvalue weighted by Gasteiger charge is -2.03. The van der Waals surface area contributed by atoms with Crippen LogP contribution in [0, 0.1) is 0 Å². The summed E-state index contributed by atoms with van der Waals surface area (Å²) in [5, 5.41) is 17.9. The molecule has 0 aliphatic rings. The number of rotatable bonds is 6. The number of anilines is 1. The molecular weight excluding hydrogens is 328 g/mol. The maximum absolute atomic E-state index is 8.36. The van der Waals surface area contributed by atoms with Crippen LogP contribution in [0.5, 0.6) is 5.75 Å². The minimum absolute atomic E-state index is 0.250. The van der Waals surface area contributed by atoms with E-state index < -0.39 is 0 Å². The summed E-state index contributed by atoms with van der Waals surface area (Å²) in [5.41, 5.74) is 1.81. The van der Waals surface area contributed by atoms with E-state index in [1.54, 1.807) is 7.11 Å². The fraction of sp³-hybridized carbons (Fsp3) is 0.333. The zero-order valence-electron chi connectivity index (χ0n) is 14.2. The predicted molar refractivity (Wildman–Crippen MR) is 90.4 cm³/mol. The summed E-state index contributed by atoms with van der Waals surface area (Å²) < 4.78 is 10.7. The largest absolute Gasteiger partial charge is 0.497 e. The van der Waals surface area contributed by atoms with Crippen LogP contribution >= 0.6 is 0 Å². The molecule has 0 amide bonds. The number of benzene rings is 1. The standard InChI is InChI=1S/C14H18N6O2.CH2O2/c1-20(2)8-13-18-19-14(22-13)15-7-12-16-10-5-4-9(21-3)6-11(10)17-12;2-1-3/h4-6H,7-8H2,1-3H3,(H,15,19)(H,16,17);1H,(H,2,3). The molecule has 0 aliphatic heterocycles. The number of aromatic nitrogens is 4. The quantitative estimate of drug-likeness (QED) is 0.565. The lowest BCUT2D eigenvalue weighted by molar-refractivity contribution is -0.122. The summed E-state index contributed by atoms with van der Waals surface area (Å²) in [5.74, 6) is 2.15. The van der Waals surface area contributed by atoms with Gasteiger partial charge in [-0.25, -0.2) is 4.98 Å². The molecule has 0 saturated carbocycles. The second kappa shape index (κ2) is 8.64. The molecule has 2 heterocycles. The third-order valence-corrected chi connectivity index (χ3v) is 3.06. The van der Waals surface area contributed by atoms with Crippen molar-refractivity contribution in [2.75, 3.05) is 26.5 Å². The lowest BCUT2D eigenvalue weighted by Crippen LogP contribution is -2.10. The topological polar surface area (TPSA) is 129 Å².